The van der Waals surface area contributed by atoms with Gasteiger partial charge in [-0.2, -0.15) is 0 Å². The summed E-state index contributed by atoms with van der Waals surface area (Å²) < 4.78 is 26.3. The van der Waals surface area contributed by atoms with Crippen molar-refractivity contribution in [1.29, 1.82) is 0 Å². The molecule has 1 amide bonds. The summed E-state index contributed by atoms with van der Waals surface area (Å²) in [6.45, 7) is 0.656. The molecule has 1 atom stereocenters. The lowest BCUT2D eigenvalue weighted by atomic mass is 10.1. The third kappa shape index (κ3) is 3.03. The number of carbonyl (C=O) groups excluding carboxylic acids is 1. The molecule has 1 unspecified atom stereocenters. The van der Waals surface area contributed by atoms with Crippen LogP contribution in [0.25, 0.3) is 0 Å². The van der Waals surface area contributed by atoms with Gasteiger partial charge in [-0.3, -0.25) is 4.79 Å². The topological polar surface area (TPSA) is 20.3 Å². The number of amides is 1. The Kier molecular flexibility index (Phi) is 3.76. The van der Waals surface area contributed by atoms with Gasteiger partial charge in [0.25, 0.3) is 0 Å². The van der Waals surface area contributed by atoms with E-state index in [1.54, 1.807) is 12.1 Å². The molecule has 0 radical (unpaired) electrons. The summed E-state index contributed by atoms with van der Waals surface area (Å²) in [6, 6.07) is 4.46. The van der Waals surface area contributed by atoms with Crippen LogP contribution in [-0.4, -0.2) is 30.1 Å². The summed E-state index contributed by atoms with van der Waals surface area (Å²) in [6.07, 6.45) is -0.302. The molecule has 2 nitrogen and oxygen atoms in total. The van der Waals surface area contributed by atoms with Crippen LogP contribution >= 0.6 is 15.9 Å². The van der Waals surface area contributed by atoms with Crippen molar-refractivity contribution in [2.45, 2.75) is 19.0 Å². The van der Waals surface area contributed by atoms with Crippen molar-refractivity contribution >= 4 is 21.8 Å². The van der Waals surface area contributed by atoms with Gasteiger partial charge in [0.15, 0.2) is 0 Å². The van der Waals surface area contributed by atoms with Crippen molar-refractivity contribution in [3.8, 4) is 0 Å². The molecule has 92 valence electrons. The molecule has 1 aliphatic rings. The molecule has 0 bridgehead atoms. The van der Waals surface area contributed by atoms with Crippen LogP contribution in [0.5, 0.6) is 0 Å². The van der Waals surface area contributed by atoms with Crippen molar-refractivity contribution in [3.05, 3.63) is 34.1 Å². The number of hydrogen-bond acceptors (Lipinski definition) is 1. The van der Waals surface area contributed by atoms with E-state index in [0.717, 1.165) is 5.56 Å². The molecule has 1 saturated heterocycles. The van der Waals surface area contributed by atoms with Crippen LogP contribution in [0.3, 0.4) is 0 Å². The van der Waals surface area contributed by atoms with Crippen LogP contribution in [0.15, 0.2) is 22.7 Å². The van der Waals surface area contributed by atoms with Gasteiger partial charge in [0.1, 0.15) is 12.0 Å². The highest BCUT2D eigenvalue weighted by Gasteiger charge is 2.25. The Labute approximate surface area is 107 Å². The van der Waals surface area contributed by atoms with Gasteiger partial charge >= 0.3 is 0 Å². The molecule has 2 rings (SSSR count). The molecular formula is C12H12BrF2NO. The molecule has 17 heavy (non-hydrogen) atoms. The average molecular weight is 304 g/mol. The van der Waals surface area contributed by atoms with E-state index >= 15 is 0 Å². The molecule has 1 aliphatic heterocycles. The predicted octanol–water partition coefficient (Wildman–Crippen LogP) is 2.70. The second kappa shape index (κ2) is 5.12. The van der Waals surface area contributed by atoms with Crippen molar-refractivity contribution in [1.82, 2.24) is 4.90 Å². The summed E-state index contributed by atoms with van der Waals surface area (Å²) in [5.74, 6) is -0.463. The van der Waals surface area contributed by atoms with Crippen LogP contribution in [-0.2, 0) is 11.2 Å². The fourth-order valence-electron chi connectivity index (χ4n) is 1.88. The normalized spacial score (nSPS) is 19.7. The van der Waals surface area contributed by atoms with Gasteiger partial charge in [-0.05, 0) is 40.0 Å². The fraction of sp³-hybridized carbons (Fsp3) is 0.417. The quantitative estimate of drug-likeness (QED) is 0.822. The molecule has 0 N–H and O–H groups in total. The fourth-order valence-corrected chi connectivity index (χ4v) is 2.31. The lowest BCUT2D eigenvalue weighted by molar-refractivity contribution is -0.129. The van der Waals surface area contributed by atoms with Gasteiger partial charge < -0.3 is 4.90 Å². The number of rotatable bonds is 2. The molecular weight excluding hydrogens is 292 g/mol. The zero-order valence-electron chi connectivity index (χ0n) is 9.13. The summed E-state index contributed by atoms with van der Waals surface area (Å²) in [7, 11) is 0. The molecule has 0 saturated carbocycles. The van der Waals surface area contributed by atoms with E-state index in [-0.39, 0.29) is 24.7 Å². The lowest BCUT2D eigenvalue weighted by Gasteiger charge is -2.15. The van der Waals surface area contributed by atoms with Gasteiger partial charge in [-0.1, -0.05) is 6.07 Å². The minimum absolute atomic E-state index is 0.108. The second-order valence-electron chi connectivity index (χ2n) is 4.15. The number of alkyl halides is 1. The number of nitrogens with zero attached hydrogens (tertiary/aromatic N) is 1. The van der Waals surface area contributed by atoms with Crippen molar-refractivity contribution < 1.29 is 13.6 Å². The van der Waals surface area contributed by atoms with Crippen LogP contribution in [0.2, 0.25) is 0 Å². The number of carbonyl (C=O) groups is 1. The van der Waals surface area contributed by atoms with E-state index in [0.29, 0.717) is 17.4 Å². The van der Waals surface area contributed by atoms with Crippen molar-refractivity contribution in [2.24, 2.45) is 0 Å². The Balaban J connectivity index is 2.00. The van der Waals surface area contributed by atoms with Crippen molar-refractivity contribution in [2.75, 3.05) is 13.1 Å². The minimum atomic E-state index is -0.904. The third-order valence-corrected chi connectivity index (χ3v) is 3.43. The second-order valence-corrected chi connectivity index (χ2v) is 5.01. The summed E-state index contributed by atoms with van der Waals surface area (Å²) in [4.78, 5) is 13.3. The van der Waals surface area contributed by atoms with E-state index < -0.39 is 6.17 Å². The molecule has 1 fully saturated rings. The van der Waals surface area contributed by atoms with Crippen LogP contribution < -0.4 is 0 Å². The Hall–Kier alpha value is -0.970. The zero-order valence-corrected chi connectivity index (χ0v) is 10.7. The van der Waals surface area contributed by atoms with E-state index in [1.807, 2.05) is 0 Å². The molecule has 1 heterocycles. The first kappa shape index (κ1) is 12.5. The molecule has 0 spiro atoms. The summed E-state index contributed by atoms with van der Waals surface area (Å²) in [5, 5.41) is 0. The van der Waals surface area contributed by atoms with Gasteiger partial charge in [-0.25, -0.2) is 8.78 Å². The largest absolute Gasteiger partial charge is 0.339 e. The third-order valence-electron chi connectivity index (χ3n) is 2.82. The molecule has 0 aromatic heterocycles. The Morgan fingerprint density at radius 2 is 2.29 bits per heavy atom. The SMILES string of the molecule is O=C(Cc1ccc(F)c(Br)c1)N1CCC(F)C1. The van der Waals surface area contributed by atoms with Crippen molar-refractivity contribution in [3.63, 3.8) is 0 Å². The number of benzene rings is 1. The van der Waals surface area contributed by atoms with Gasteiger partial charge in [0.05, 0.1) is 17.4 Å². The van der Waals surface area contributed by atoms with Gasteiger partial charge in [0.2, 0.25) is 5.91 Å². The molecule has 5 heteroatoms. The highest BCUT2D eigenvalue weighted by atomic mass is 79.9. The van der Waals surface area contributed by atoms with E-state index in [9.17, 15) is 13.6 Å². The Morgan fingerprint density at radius 3 is 2.88 bits per heavy atom. The maximum atomic E-state index is 13.0. The van der Waals surface area contributed by atoms with Crippen LogP contribution in [0, 0.1) is 5.82 Å². The lowest BCUT2D eigenvalue weighted by Crippen LogP contribution is -2.30. The predicted molar refractivity (Wildman–Crippen MR) is 63.9 cm³/mol. The highest BCUT2D eigenvalue weighted by Crippen LogP contribution is 2.19. The van der Waals surface area contributed by atoms with E-state index in [4.69, 9.17) is 0 Å². The first-order chi connectivity index (χ1) is 8.06. The summed E-state index contributed by atoms with van der Waals surface area (Å²) in [5.41, 5.74) is 0.727. The molecule has 1 aromatic rings. The monoisotopic (exact) mass is 303 g/mol. The van der Waals surface area contributed by atoms with Gasteiger partial charge in [0, 0.05) is 6.54 Å². The standard InChI is InChI=1S/C12H12BrF2NO/c13-10-5-8(1-2-11(10)15)6-12(17)16-4-3-9(14)7-16/h1-2,5,9H,3-4,6-7H2. The summed E-state index contributed by atoms with van der Waals surface area (Å²) >= 11 is 3.07. The first-order valence-corrected chi connectivity index (χ1v) is 6.21. The smallest absolute Gasteiger partial charge is 0.227 e. The minimum Gasteiger partial charge on any atom is -0.339 e. The average Bonchev–Trinajstić information content (AvgIpc) is 2.70. The molecule has 1 aromatic carbocycles. The first-order valence-electron chi connectivity index (χ1n) is 5.42. The number of halogens is 3. The molecule has 0 aliphatic carbocycles. The zero-order chi connectivity index (χ0) is 12.4. The Morgan fingerprint density at radius 1 is 1.53 bits per heavy atom. The number of hydrogen-bond donors (Lipinski definition) is 0. The van der Waals surface area contributed by atoms with Crippen LogP contribution in [0.4, 0.5) is 8.78 Å². The maximum Gasteiger partial charge on any atom is 0.227 e. The number of likely N-dealkylation sites (tertiary alicyclic amines) is 1. The highest BCUT2D eigenvalue weighted by molar-refractivity contribution is 9.10. The van der Waals surface area contributed by atoms with E-state index in [1.165, 1.54) is 11.0 Å². The van der Waals surface area contributed by atoms with Gasteiger partial charge in [-0.15, -0.1) is 0 Å². The van der Waals surface area contributed by atoms with Crippen LogP contribution in [0.1, 0.15) is 12.0 Å². The van der Waals surface area contributed by atoms with E-state index in [2.05, 4.69) is 15.9 Å². The maximum absolute atomic E-state index is 13.0. The Bertz CT molecular complexity index is 439.